The van der Waals surface area contributed by atoms with E-state index in [9.17, 15) is 49.8 Å². The Bertz CT molecular complexity index is 1490. The van der Waals surface area contributed by atoms with Crippen LogP contribution in [-0.4, -0.2) is 135 Å². The summed E-state index contributed by atoms with van der Waals surface area (Å²) >= 11 is 0. The quantitative estimate of drug-likeness (QED) is 0.0976. The van der Waals surface area contributed by atoms with Crippen LogP contribution in [0.3, 0.4) is 0 Å². The van der Waals surface area contributed by atoms with E-state index in [2.05, 4.69) is 0 Å². The van der Waals surface area contributed by atoms with Crippen LogP contribution in [0.1, 0.15) is 41.0 Å². The summed E-state index contributed by atoms with van der Waals surface area (Å²) in [6.45, 7) is 7.69. The Morgan fingerprint density at radius 1 is 1.06 bits per heavy atom. The molecule has 6 aliphatic rings. The van der Waals surface area contributed by atoms with Crippen LogP contribution in [0.2, 0.25) is 0 Å². The number of rotatable bonds is 7. The fraction of sp³-hybridized carbons (Fsp3) is 0.765. The van der Waals surface area contributed by atoms with Crippen LogP contribution < -0.4 is 0 Å². The van der Waals surface area contributed by atoms with E-state index in [0.717, 1.165) is 7.11 Å². The van der Waals surface area contributed by atoms with Gasteiger partial charge in [-0.2, -0.15) is 0 Å². The number of ketones is 1. The molecule has 278 valence electrons. The van der Waals surface area contributed by atoms with Gasteiger partial charge in [-0.15, -0.1) is 0 Å². The number of ether oxygens (including phenoxy) is 6. The number of allylic oxidation sites excluding steroid dienone is 3. The molecular weight excluding hydrogens is 664 g/mol. The zero-order valence-corrected chi connectivity index (χ0v) is 28.6. The van der Waals surface area contributed by atoms with Crippen LogP contribution in [0.4, 0.5) is 0 Å². The summed E-state index contributed by atoms with van der Waals surface area (Å²) in [7, 11) is 1.06. The standard InChI is InChI=1S/C34H46O16/c1-12(2)13(3)7-19(36)50-25-27-33-11-46-34(27,31(44)45-6)28(42)24(41)26(33)32(5)9-16(20(37)14(4)15(32)8-18(33)49-29(25)43)47-30-23(40)22(39)21(38)17(10-35)48-30/h7,9,12,14-15,17-18,21-28,30,35,38-42H,8,10-11H2,1-6H3/b13-7+/t14-,15-,17+,18+,21+,22-,23-,24+,25+,26?,27+,28+,30+,32-,33+,34?/m0/s1. The molecule has 3 heterocycles. The molecule has 16 nitrogen and oxygen atoms in total. The van der Waals surface area contributed by atoms with Crippen LogP contribution in [0.5, 0.6) is 0 Å². The molecule has 3 aliphatic heterocycles. The Balaban J connectivity index is 1.47. The molecular formula is C34H46O16. The number of Topliss-reactive ketones (excluding diaryl/α,β-unsaturated/α-hetero) is 1. The number of aliphatic hydroxyl groups excluding tert-OH is 6. The van der Waals surface area contributed by atoms with Crippen molar-refractivity contribution in [1.82, 2.24) is 0 Å². The molecule has 0 amide bonds. The second-order valence-corrected chi connectivity index (χ2v) is 15.1. The zero-order chi connectivity index (χ0) is 36.8. The Labute approximate surface area is 287 Å². The normalized spacial score (nSPS) is 48.2. The van der Waals surface area contributed by atoms with E-state index in [4.69, 9.17) is 28.4 Å². The van der Waals surface area contributed by atoms with Crippen LogP contribution in [0.25, 0.3) is 0 Å². The lowest BCUT2D eigenvalue weighted by molar-refractivity contribution is -0.296. The Kier molecular flexibility index (Phi) is 9.29. The fourth-order valence-corrected chi connectivity index (χ4v) is 9.69. The van der Waals surface area contributed by atoms with Crippen molar-refractivity contribution in [2.24, 2.45) is 40.4 Å². The lowest BCUT2D eigenvalue weighted by atomic mass is 9.38. The number of aliphatic hydroxyl groups is 6. The van der Waals surface area contributed by atoms with E-state index >= 15 is 0 Å². The maximum absolute atomic E-state index is 13.8. The van der Waals surface area contributed by atoms with E-state index in [-0.39, 0.29) is 24.7 Å². The van der Waals surface area contributed by atoms with Crippen molar-refractivity contribution < 1.29 is 78.2 Å². The number of methoxy groups -OCH3 is 1. The summed E-state index contributed by atoms with van der Waals surface area (Å²) < 4.78 is 34.4. The summed E-state index contributed by atoms with van der Waals surface area (Å²) in [6.07, 6.45) is -12.2. The predicted octanol–water partition coefficient (Wildman–Crippen LogP) is -1.73. The van der Waals surface area contributed by atoms with Gasteiger partial charge >= 0.3 is 17.9 Å². The van der Waals surface area contributed by atoms with Gasteiger partial charge in [0.25, 0.3) is 0 Å². The molecule has 2 bridgehead atoms. The molecule has 2 unspecified atom stereocenters. The average molecular weight is 711 g/mol. The van der Waals surface area contributed by atoms with Crippen LogP contribution in [0.15, 0.2) is 23.5 Å². The molecule has 0 radical (unpaired) electrons. The number of hydrogen-bond acceptors (Lipinski definition) is 16. The van der Waals surface area contributed by atoms with Gasteiger partial charge in [-0.25, -0.2) is 14.4 Å². The van der Waals surface area contributed by atoms with Crippen molar-refractivity contribution in [2.45, 2.75) is 102 Å². The van der Waals surface area contributed by atoms with Crippen molar-refractivity contribution in [3.05, 3.63) is 23.5 Å². The molecule has 0 aromatic heterocycles. The van der Waals surface area contributed by atoms with Crippen LogP contribution in [-0.2, 0) is 47.6 Å². The lowest BCUT2D eigenvalue weighted by Gasteiger charge is -2.67. The molecule has 0 aromatic carbocycles. The smallest absolute Gasteiger partial charge is 0.348 e. The average Bonchev–Trinajstić information content (AvgIpc) is 3.38. The van der Waals surface area contributed by atoms with E-state index in [1.165, 1.54) is 12.2 Å². The van der Waals surface area contributed by atoms with Crippen molar-refractivity contribution in [2.75, 3.05) is 20.3 Å². The summed E-state index contributed by atoms with van der Waals surface area (Å²) in [5.41, 5.74) is -4.45. The fourth-order valence-electron chi connectivity index (χ4n) is 9.69. The van der Waals surface area contributed by atoms with E-state index < -0.39 is 126 Å². The number of hydrogen-bond donors (Lipinski definition) is 6. The number of esters is 3. The molecule has 2 saturated carbocycles. The van der Waals surface area contributed by atoms with Gasteiger partial charge in [0, 0.05) is 23.3 Å². The first-order chi connectivity index (χ1) is 23.4. The third-order valence-electron chi connectivity index (χ3n) is 12.4. The number of carbonyl (C=O) groups excluding carboxylic acids is 4. The third-order valence-corrected chi connectivity index (χ3v) is 12.4. The summed E-state index contributed by atoms with van der Waals surface area (Å²) in [5, 5.41) is 64.8. The first-order valence-electron chi connectivity index (χ1n) is 16.8. The zero-order valence-electron chi connectivity index (χ0n) is 28.6. The summed E-state index contributed by atoms with van der Waals surface area (Å²) in [4.78, 5) is 54.5. The number of carbonyl (C=O) groups is 4. The van der Waals surface area contributed by atoms with Gasteiger partial charge in [0.05, 0.1) is 32.3 Å². The third kappa shape index (κ3) is 4.94. The molecule has 1 spiro atoms. The maximum atomic E-state index is 13.8. The van der Waals surface area contributed by atoms with Gasteiger partial charge in [-0.1, -0.05) is 33.3 Å². The van der Waals surface area contributed by atoms with Gasteiger partial charge in [0.1, 0.15) is 36.6 Å². The van der Waals surface area contributed by atoms with E-state index in [1.807, 2.05) is 13.8 Å². The van der Waals surface area contributed by atoms with Crippen LogP contribution >= 0.6 is 0 Å². The lowest BCUT2D eigenvalue weighted by Crippen LogP contribution is -2.79. The minimum Gasteiger partial charge on any atom is -0.467 e. The van der Waals surface area contributed by atoms with Crippen molar-refractivity contribution in [3.8, 4) is 0 Å². The predicted molar refractivity (Wildman–Crippen MR) is 164 cm³/mol. The molecule has 6 N–H and O–H groups in total. The highest BCUT2D eigenvalue weighted by Crippen LogP contribution is 2.72. The number of fused-ring (bicyclic) bond motifs is 2. The Hall–Kier alpha value is -2.96. The molecule has 16 heteroatoms. The van der Waals surface area contributed by atoms with Crippen molar-refractivity contribution >= 4 is 23.7 Å². The highest BCUT2D eigenvalue weighted by Gasteiger charge is 2.85. The highest BCUT2D eigenvalue weighted by atomic mass is 16.7. The maximum Gasteiger partial charge on any atom is 0.348 e. The van der Waals surface area contributed by atoms with Crippen LogP contribution in [0, 0.1) is 40.4 Å². The van der Waals surface area contributed by atoms with E-state index in [1.54, 1.807) is 20.8 Å². The van der Waals surface area contributed by atoms with Gasteiger partial charge in [0.2, 0.25) is 18.0 Å². The topological polar surface area (TPSA) is 245 Å². The Morgan fingerprint density at radius 2 is 1.74 bits per heavy atom. The van der Waals surface area contributed by atoms with Crippen molar-refractivity contribution in [1.29, 1.82) is 0 Å². The summed E-state index contributed by atoms with van der Waals surface area (Å²) in [5.74, 6) is -7.88. The van der Waals surface area contributed by atoms with Gasteiger partial charge in [-0.3, -0.25) is 4.79 Å². The minimum atomic E-state index is -2.34. The first kappa shape index (κ1) is 36.8. The second-order valence-electron chi connectivity index (χ2n) is 15.1. The molecule has 6 rings (SSSR count). The van der Waals surface area contributed by atoms with Gasteiger partial charge in [0.15, 0.2) is 11.5 Å². The second kappa shape index (κ2) is 12.6. The Morgan fingerprint density at radius 3 is 2.36 bits per heavy atom. The first-order valence-corrected chi connectivity index (χ1v) is 16.8. The largest absolute Gasteiger partial charge is 0.467 e. The SMILES string of the molecule is COC(=O)C12OC[C@]34C([C@@H](O)[C@H]1O)[C@@]1(C)C=C(O[C@@H]5O[C@H](CO)[C@@H](O)[C@H](O)[C@@H]5O)C(=O)[C@@H](C)[C@@H]1C[C@H]3OC(=O)[C@H](OC(=O)/C=C(\C)C(C)C)[C@@H]24. The minimum absolute atomic E-state index is 0.0294. The molecule has 0 aromatic rings. The highest BCUT2D eigenvalue weighted by molar-refractivity contribution is 5.97. The molecule has 50 heavy (non-hydrogen) atoms. The molecule has 16 atom stereocenters. The van der Waals surface area contributed by atoms with E-state index in [0.29, 0.717) is 5.57 Å². The van der Waals surface area contributed by atoms with Crippen molar-refractivity contribution in [3.63, 3.8) is 0 Å². The molecule has 3 saturated heterocycles. The monoisotopic (exact) mass is 710 g/mol. The molecule has 5 fully saturated rings. The molecule has 3 aliphatic carbocycles. The van der Waals surface area contributed by atoms with Gasteiger partial charge < -0.3 is 59.1 Å². The summed E-state index contributed by atoms with van der Waals surface area (Å²) in [6, 6.07) is 0. The van der Waals surface area contributed by atoms with Gasteiger partial charge in [-0.05, 0) is 36.7 Å².